The fraction of sp³-hybridized carbons (Fsp3) is 0.625. The molecule has 0 aromatic heterocycles. The van der Waals surface area contributed by atoms with Gasteiger partial charge >= 0.3 is 0 Å². The summed E-state index contributed by atoms with van der Waals surface area (Å²) in [6.07, 6.45) is 5.20. The number of nitrogens with two attached hydrogens (primary N) is 1. The fourth-order valence-electron chi connectivity index (χ4n) is 0.458. The molecule has 2 heteroatoms. The summed E-state index contributed by atoms with van der Waals surface area (Å²) in [5, 5.41) is 1.86. The number of quaternary nitrogens is 1. The van der Waals surface area contributed by atoms with Crippen molar-refractivity contribution < 1.29 is 10.1 Å². The summed E-state index contributed by atoms with van der Waals surface area (Å²) >= 11 is 0. The Bertz CT molecular complexity index is 165. The molecule has 0 aliphatic rings. The van der Waals surface area contributed by atoms with Crippen molar-refractivity contribution in [3.8, 4) is 12.3 Å². The summed E-state index contributed by atoms with van der Waals surface area (Å²) in [5.74, 6) is 2.74. The van der Waals surface area contributed by atoms with Crippen LogP contribution in [0.25, 0.3) is 0 Å². The number of rotatable bonds is 3. The lowest BCUT2D eigenvalue weighted by atomic mass is 10.1. The van der Waals surface area contributed by atoms with Gasteiger partial charge in [0.25, 0.3) is 0 Å². The monoisotopic (exact) mass is 140 g/mol. The maximum atomic E-state index is 10.5. The van der Waals surface area contributed by atoms with E-state index in [0.29, 0.717) is 6.54 Å². The Morgan fingerprint density at radius 1 is 1.70 bits per heavy atom. The van der Waals surface area contributed by atoms with Crippen molar-refractivity contribution in [2.24, 2.45) is 0 Å². The molecular weight excluding hydrogens is 126 g/mol. The minimum Gasteiger partial charge on any atom is -0.326 e. The van der Waals surface area contributed by atoms with Crippen molar-refractivity contribution in [2.45, 2.75) is 26.3 Å². The van der Waals surface area contributed by atoms with Gasteiger partial charge in [0.15, 0.2) is 11.3 Å². The molecule has 10 heavy (non-hydrogen) atoms. The standard InChI is InChI=1S/C8H13NO/c1-5-8(3,4)9-6-7(2)10/h1,9H,6H2,2-4H3/p+1. The van der Waals surface area contributed by atoms with Gasteiger partial charge < -0.3 is 5.32 Å². The van der Waals surface area contributed by atoms with Gasteiger partial charge in [-0.3, -0.25) is 4.79 Å². The van der Waals surface area contributed by atoms with Crippen LogP contribution < -0.4 is 5.32 Å². The highest BCUT2D eigenvalue weighted by molar-refractivity contribution is 5.76. The number of carbonyl (C=O) groups excluding carboxylic acids is 1. The van der Waals surface area contributed by atoms with Gasteiger partial charge in [-0.05, 0) is 5.92 Å². The van der Waals surface area contributed by atoms with Crippen LogP contribution in [0.4, 0.5) is 0 Å². The maximum Gasteiger partial charge on any atom is 0.183 e. The van der Waals surface area contributed by atoms with Gasteiger partial charge in [0.05, 0.1) is 0 Å². The summed E-state index contributed by atoms with van der Waals surface area (Å²) < 4.78 is 0. The van der Waals surface area contributed by atoms with E-state index in [-0.39, 0.29) is 11.3 Å². The van der Waals surface area contributed by atoms with Crippen molar-refractivity contribution in [2.75, 3.05) is 6.54 Å². The van der Waals surface area contributed by atoms with Gasteiger partial charge in [-0.2, -0.15) is 0 Å². The third-order valence-electron chi connectivity index (χ3n) is 1.27. The summed E-state index contributed by atoms with van der Waals surface area (Å²) in [4.78, 5) is 10.5. The molecule has 0 unspecified atom stereocenters. The third kappa shape index (κ3) is 4.11. The van der Waals surface area contributed by atoms with E-state index >= 15 is 0 Å². The largest absolute Gasteiger partial charge is 0.326 e. The molecule has 0 spiro atoms. The van der Waals surface area contributed by atoms with Crippen LogP contribution >= 0.6 is 0 Å². The molecule has 0 rings (SSSR count). The molecule has 2 nitrogen and oxygen atoms in total. The Kier molecular flexibility index (Phi) is 3.11. The second-order valence-corrected chi connectivity index (χ2v) is 2.98. The van der Waals surface area contributed by atoms with Gasteiger partial charge in [-0.15, -0.1) is 6.42 Å². The van der Waals surface area contributed by atoms with Crippen molar-refractivity contribution in [3.05, 3.63) is 0 Å². The van der Waals surface area contributed by atoms with E-state index in [1.165, 1.54) is 0 Å². The zero-order valence-corrected chi connectivity index (χ0v) is 6.77. The Labute approximate surface area is 62.0 Å². The van der Waals surface area contributed by atoms with Crippen molar-refractivity contribution >= 4 is 5.78 Å². The van der Waals surface area contributed by atoms with E-state index in [4.69, 9.17) is 6.42 Å². The van der Waals surface area contributed by atoms with E-state index in [1.54, 1.807) is 6.92 Å². The Balaban J connectivity index is 3.71. The van der Waals surface area contributed by atoms with Crippen LogP contribution in [0.1, 0.15) is 20.8 Å². The Morgan fingerprint density at radius 2 is 2.20 bits per heavy atom. The second-order valence-electron chi connectivity index (χ2n) is 2.98. The molecule has 56 valence electrons. The average Bonchev–Trinajstić information content (AvgIpc) is 1.85. The molecular formula is C8H14NO+. The van der Waals surface area contributed by atoms with Crippen LogP contribution in [0.3, 0.4) is 0 Å². The molecule has 0 fully saturated rings. The van der Waals surface area contributed by atoms with E-state index in [2.05, 4.69) is 5.92 Å². The molecule has 0 aromatic rings. The minimum absolute atomic E-state index is 0.156. The lowest BCUT2D eigenvalue weighted by Crippen LogP contribution is -2.96. The minimum atomic E-state index is -0.244. The number of carbonyl (C=O) groups is 1. The van der Waals surface area contributed by atoms with Crippen LogP contribution in [0.5, 0.6) is 0 Å². The predicted octanol–water partition coefficient (Wildman–Crippen LogP) is -0.449. The first kappa shape index (κ1) is 9.19. The molecule has 0 saturated heterocycles. The molecule has 2 N–H and O–H groups in total. The van der Waals surface area contributed by atoms with E-state index < -0.39 is 0 Å². The Morgan fingerprint density at radius 3 is 2.50 bits per heavy atom. The van der Waals surface area contributed by atoms with Crippen LogP contribution in [0.2, 0.25) is 0 Å². The Hall–Kier alpha value is -0.810. The van der Waals surface area contributed by atoms with Gasteiger partial charge in [0, 0.05) is 20.8 Å². The zero-order chi connectivity index (χ0) is 8.20. The number of hydrogen-bond donors (Lipinski definition) is 1. The van der Waals surface area contributed by atoms with Crippen LogP contribution in [-0.4, -0.2) is 17.9 Å². The lowest BCUT2D eigenvalue weighted by Gasteiger charge is -2.13. The number of Topliss-reactive ketones (excluding diaryl/α,β-unsaturated/α-hetero) is 1. The van der Waals surface area contributed by atoms with Crippen LogP contribution in [-0.2, 0) is 4.79 Å². The van der Waals surface area contributed by atoms with Crippen molar-refractivity contribution in [1.29, 1.82) is 0 Å². The van der Waals surface area contributed by atoms with Gasteiger partial charge in [0.2, 0.25) is 0 Å². The van der Waals surface area contributed by atoms with Gasteiger partial charge in [0.1, 0.15) is 6.54 Å². The third-order valence-corrected chi connectivity index (χ3v) is 1.27. The van der Waals surface area contributed by atoms with Crippen molar-refractivity contribution in [3.63, 3.8) is 0 Å². The predicted molar refractivity (Wildman–Crippen MR) is 40.4 cm³/mol. The van der Waals surface area contributed by atoms with Gasteiger partial charge in [-0.1, -0.05) is 0 Å². The first-order valence-corrected chi connectivity index (χ1v) is 3.29. The molecule has 0 radical (unpaired) electrons. The summed E-state index contributed by atoms with van der Waals surface area (Å²) in [6, 6.07) is 0. The zero-order valence-electron chi connectivity index (χ0n) is 6.77. The smallest absolute Gasteiger partial charge is 0.183 e. The summed E-state index contributed by atoms with van der Waals surface area (Å²) in [6.45, 7) is 5.85. The number of ketones is 1. The highest BCUT2D eigenvalue weighted by atomic mass is 16.1. The molecule has 0 saturated carbocycles. The molecule has 0 atom stereocenters. The first-order chi connectivity index (χ1) is 4.48. The first-order valence-electron chi connectivity index (χ1n) is 3.29. The second kappa shape index (κ2) is 3.38. The SMILES string of the molecule is C#CC(C)(C)[NH2+]CC(C)=O. The quantitative estimate of drug-likeness (QED) is 0.529. The molecule has 0 heterocycles. The van der Waals surface area contributed by atoms with Crippen LogP contribution in [0, 0.1) is 12.3 Å². The highest BCUT2D eigenvalue weighted by Gasteiger charge is 2.16. The summed E-state index contributed by atoms with van der Waals surface area (Å²) in [5.41, 5.74) is -0.244. The molecule has 0 aliphatic carbocycles. The molecule has 0 amide bonds. The summed E-state index contributed by atoms with van der Waals surface area (Å²) in [7, 11) is 0. The van der Waals surface area contributed by atoms with Crippen molar-refractivity contribution in [1.82, 2.24) is 0 Å². The van der Waals surface area contributed by atoms with E-state index in [9.17, 15) is 4.79 Å². The average molecular weight is 140 g/mol. The highest BCUT2D eigenvalue weighted by Crippen LogP contribution is 1.87. The molecule has 0 aliphatic heterocycles. The maximum absolute atomic E-state index is 10.5. The normalized spacial score (nSPS) is 10.6. The fourth-order valence-corrected chi connectivity index (χ4v) is 0.458. The van der Waals surface area contributed by atoms with E-state index in [1.807, 2.05) is 19.2 Å². The van der Waals surface area contributed by atoms with Crippen LogP contribution in [0.15, 0.2) is 0 Å². The number of hydrogen-bond acceptors (Lipinski definition) is 1. The molecule has 0 bridgehead atoms. The van der Waals surface area contributed by atoms with E-state index in [0.717, 1.165) is 0 Å². The lowest BCUT2D eigenvalue weighted by molar-refractivity contribution is -0.696. The number of terminal acetylenes is 1. The topological polar surface area (TPSA) is 33.7 Å². The van der Waals surface area contributed by atoms with Gasteiger partial charge in [-0.25, -0.2) is 0 Å². The molecule has 0 aromatic carbocycles.